The smallest absolute Gasteiger partial charge is 0.319 e. The van der Waals surface area contributed by atoms with Gasteiger partial charge in [-0.05, 0) is 29.5 Å². The number of rotatable bonds is 4. The zero-order valence-electron chi connectivity index (χ0n) is 12.6. The molecule has 0 atom stereocenters. The summed E-state index contributed by atoms with van der Waals surface area (Å²) < 4.78 is 13.5. The Kier molecular flexibility index (Phi) is 4.52. The SMILES string of the molecule is O=C(NCCc1ccccc1F)Nc1cccc2ccccc12. The summed E-state index contributed by atoms with van der Waals surface area (Å²) in [4.78, 5) is 12.0. The Bertz CT molecular complexity index is 827. The van der Waals surface area contributed by atoms with Gasteiger partial charge in [-0.25, -0.2) is 9.18 Å². The number of carbonyl (C=O) groups excluding carboxylic acids is 1. The average molecular weight is 308 g/mol. The maximum absolute atomic E-state index is 13.5. The molecule has 4 heteroatoms. The molecule has 0 saturated carbocycles. The van der Waals surface area contributed by atoms with Crippen molar-refractivity contribution in [3.63, 3.8) is 0 Å². The number of carbonyl (C=O) groups is 1. The lowest BCUT2D eigenvalue weighted by molar-refractivity contribution is 0.252. The quantitative estimate of drug-likeness (QED) is 0.739. The molecule has 2 amide bonds. The first-order valence-corrected chi connectivity index (χ1v) is 7.50. The average Bonchev–Trinajstić information content (AvgIpc) is 2.57. The van der Waals surface area contributed by atoms with Crippen LogP contribution in [-0.4, -0.2) is 12.6 Å². The molecule has 3 aromatic rings. The fourth-order valence-corrected chi connectivity index (χ4v) is 2.51. The Labute approximate surface area is 134 Å². The van der Waals surface area contributed by atoms with Gasteiger partial charge in [0, 0.05) is 11.9 Å². The highest BCUT2D eigenvalue weighted by Crippen LogP contribution is 2.22. The van der Waals surface area contributed by atoms with Crippen molar-refractivity contribution in [2.75, 3.05) is 11.9 Å². The number of nitrogens with one attached hydrogen (secondary N) is 2. The van der Waals surface area contributed by atoms with Gasteiger partial charge in [0.25, 0.3) is 0 Å². The highest BCUT2D eigenvalue weighted by Gasteiger charge is 2.06. The van der Waals surface area contributed by atoms with Crippen LogP contribution in [0.3, 0.4) is 0 Å². The van der Waals surface area contributed by atoms with Gasteiger partial charge in [-0.2, -0.15) is 0 Å². The van der Waals surface area contributed by atoms with Crippen LogP contribution in [0.15, 0.2) is 66.7 Å². The molecule has 0 spiro atoms. The first-order valence-electron chi connectivity index (χ1n) is 7.50. The van der Waals surface area contributed by atoms with Crippen LogP contribution in [0.25, 0.3) is 10.8 Å². The van der Waals surface area contributed by atoms with Gasteiger partial charge in [0.05, 0.1) is 5.69 Å². The summed E-state index contributed by atoms with van der Waals surface area (Å²) >= 11 is 0. The van der Waals surface area contributed by atoms with Gasteiger partial charge in [0.2, 0.25) is 0 Å². The van der Waals surface area contributed by atoms with Crippen molar-refractivity contribution >= 4 is 22.5 Å². The van der Waals surface area contributed by atoms with Crippen molar-refractivity contribution in [2.45, 2.75) is 6.42 Å². The van der Waals surface area contributed by atoms with E-state index in [-0.39, 0.29) is 11.8 Å². The zero-order chi connectivity index (χ0) is 16.1. The molecule has 0 heterocycles. The standard InChI is InChI=1S/C19H17FN2O/c20-17-10-4-2-7-15(17)12-13-21-19(23)22-18-11-5-8-14-6-1-3-9-16(14)18/h1-11H,12-13H2,(H2,21,22,23). The number of fused-ring (bicyclic) bond motifs is 1. The molecular formula is C19H17FN2O. The summed E-state index contributed by atoms with van der Waals surface area (Å²) in [6.07, 6.45) is 0.454. The number of halogens is 1. The minimum absolute atomic E-state index is 0.247. The third kappa shape index (κ3) is 3.66. The molecule has 0 radical (unpaired) electrons. The van der Waals surface area contributed by atoms with E-state index in [0.717, 1.165) is 16.5 Å². The van der Waals surface area contributed by atoms with Crippen LogP contribution in [0.1, 0.15) is 5.56 Å². The summed E-state index contributed by atoms with van der Waals surface area (Å²) in [7, 11) is 0. The van der Waals surface area contributed by atoms with E-state index in [9.17, 15) is 9.18 Å². The second-order valence-corrected chi connectivity index (χ2v) is 5.25. The van der Waals surface area contributed by atoms with E-state index in [4.69, 9.17) is 0 Å². The molecule has 0 bridgehead atoms. The number of hydrogen-bond acceptors (Lipinski definition) is 1. The summed E-state index contributed by atoms with van der Waals surface area (Å²) in [5.41, 5.74) is 1.35. The van der Waals surface area contributed by atoms with Crippen LogP contribution in [0.5, 0.6) is 0 Å². The monoisotopic (exact) mass is 308 g/mol. The van der Waals surface area contributed by atoms with E-state index >= 15 is 0 Å². The van der Waals surface area contributed by atoms with Crippen molar-refractivity contribution < 1.29 is 9.18 Å². The molecule has 2 N–H and O–H groups in total. The maximum atomic E-state index is 13.5. The lowest BCUT2D eigenvalue weighted by atomic mass is 10.1. The topological polar surface area (TPSA) is 41.1 Å². The molecule has 0 aliphatic carbocycles. The van der Waals surface area contributed by atoms with E-state index < -0.39 is 0 Å². The van der Waals surface area contributed by atoms with Crippen molar-refractivity contribution in [3.8, 4) is 0 Å². The number of benzene rings is 3. The molecule has 0 fully saturated rings. The van der Waals surface area contributed by atoms with Crippen LogP contribution in [0.4, 0.5) is 14.9 Å². The number of hydrogen-bond donors (Lipinski definition) is 2. The lowest BCUT2D eigenvalue weighted by Gasteiger charge is -2.10. The zero-order valence-corrected chi connectivity index (χ0v) is 12.6. The molecule has 0 aliphatic rings. The molecule has 116 valence electrons. The Hall–Kier alpha value is -2.88. The van der Waals surface area contributed by atoms with Gasteiger partial charge in [-0.3, -0.25) is 0 Å². The van der Waals surface area contributed by atoms with Crippen LogP contribution < -0.4 is 10.6 Å². The number of anilines is 1. The van der Waals surface area contributed by atoms with Gasteiger partial charge in [-0.1, -0.05) is 54.6 Å². The van der Waals surface area contributed by atoms with Crippen LogP contribution in [0, 0.1) is 5.82 Å². The van der Waals surface area contributed by atoms with Gasteiger partial charge in [-0.15, -0.1) is 0 Å². The van der Waals surface area contributed by atoms with E-state index in [2.05, 4.69) is 10.6 Å². The van der Waals surface area contributed by atoms with E-state index in [1.807, 2.05) is 42.5 Å². The predicted octanol–water partition coefficient (Wildman–Crippen LogP) is 4.34. The normalized spacial score (nSPS) is 10.5. The molecule has 3 rings (SSSR count). The van der Waals surface area contributed by atoms with E-state index in [1.54, 1.807) is 18.2 Å². The third-order valence-corrected chi connectivity index (χ3v) is 3.68. The van der Waals surface area contributed by atoms with Crippen molar-refractivity contribution in [2.24, 2.45) is 0 Å². The summed E-state index contributed by atoms with van der Waals surface area (Å²) in [6.45, 7) is 0.373. The lowest BCUT2D eigenvalue weighted by Crippen LogP contribution is -2.30. The minimum atomic E-state index is -0.294. The Morgan fingerprint density at radius 1 is 0.913 bits per heavy atom. The summed E-state index contributed by atoms with van der Waals surface area (Å²) in [5, 5.41) is 7.65. The largest absolute Gasteiger partial charge is 0.338 e. The highest BCUT2D eigenvalue weighted by atomic mass is 19.1. The number of urea groups is 1. The minimum Gasteiger partial charge on any atom is -0.338 e. The molecule has 23 heavy (non-hydrogen) atoms. The fourth-order valence-electron chi connectivity index (χ4n) is 2.51. The highest BCUT2D eigenvalue weighted by molar-refractivity contribution is 6.01. The Morgan fingerprint density at radius 3 is 2.52 bits per heavy atom. The molecule has 3 nitrogen and oxygen atoms in total. The van der Waals surface area contributed by atoms with Crippen LogP contribution >= 0.6 is 0 Å². The Morgan fingerprint density at radius 2 is 1.65 bits per heavy atom. The van der Waals surface area contributed by atoms with Crippen molar-refractivity contribution in [1.82, 2.24) is 5.32 Å². The van der Waals surface area contributed by atoms with Gasteiger partial charge >= 0.3 is 6.03 Å². The van der Waals surface area contributed by atoms with Gasteiger partial charge in [0.15, 0.2) is 0 Å². The Balaban J connectivity index is 1.60. The molecule has 3 aromatic carbocycles. The second kappa shape index (κ2) is 6.92. The first-order chi connectivity index (χ1) is 11.2. The third-order valence-electron chi connectivity index (χ3n) is 3.68. The van der Waals surface area contributed by atoms with Crippen molar-refractivity contribution in [3.05, 3.63) is 78.1 Å². The van der Waals surface area contributed by atoms with Gasteiger partial charge in [0.1, 0.15) is 5.82 Å². The first kappa shape index (κ1) is 15.0. The van der Waals surface area contributed by atoms with E-state index in [1.165, 1.54) is 6.07 Å². The fraction of sp³-hybridized carbons (Fsp3) is 0.105. The maximum Gasteiger partial charge on any atom is 0.319 e. The molecule has 0 aliphatic heterocycles. The van der Waals surface area contributed by atoms with Gasteiger partial charge < -0.3 is 10.6 Å². The summed E-state index contributed by atoms with van der Waals surface area (Å²) in [6, 6.07) is 19.9. The van der Waals surface area contributed by atoms with Crippen LogP contribution in [0.2, 0.25) is 0 Å². The predicted molar refractivity (Wildman–Crippen MR) is 91.1 cm³/mol. The summed E-state index contributed by atoms with van der Waals surface area (Å²) in [5.74, 6) is -0.247. The van der Waals surface area contributed by atoms with Crippen LogP contribution in [-0.2, 0) is 6.42 Å². The molecule has 0 saturated heterocycles. The number of amides is 2. The van der Waals surface area contributed by atoms with E-state index in [0.29, 0.717) is 18.5 Å². The molecular weight excluding hydrogens is 291 g/mol. The second-order valence-electron chi connectivity index (χ2n) is 5.25. The molecule has 0 aromatic heterocycles. The molecule has 0 unspecified atom stereocenters. The van der Waals surface area contributed by atoms with Crippen molar-refractivity contribution in [1.29, 1.82) is 0 Å².